The van der Waals surface area contributed by atoms with Crippen molar-refractivity contribution in [2.75, 3.05) is 40.8 Å². The van der Waals surface area contributed by atoms with Crippen LogP contribution in [-0.2, 0) is 22.4 Å². The van der Waals surface area contributed by atoms with Gasteiger partial charge in [-0.25, -0.2) is 0 Å². The lowest BCUT2D eigenvalue weighted by atomic mass is 10.1. The van der Waals surface area contributed by atoms with E-state index in [1.54, 1.807) is 0 Å². The van der Waals surface area contributed by atoms with Crippen LogP contribution >= 0.6 is 0 Å². The molecule has 0 N–H and O–H groups in total. The van der Waals surface area contributed by atoms with Crippen LogP contribution in [0, 0.1) is 5.92 Å². The second kappa shape index (κ2) is 6.93. The van der Waals surface area contributed by atoms with Crippen LogP contribution in [0.25, 0.3) is 0 Å². The van der Waals surface area contributed by atoms with Crippen LogP contribution < -0.4 is 0 Å². The first-order chi connectivity index (χ1) is 11.5. The van der Waals surface area contributed by atoms with Gasteiger partial charge in [0, 0.05) is 39.1 Å². The quantitative estimate of drug-likeness (QED) is 0.810. The van der Waals surface area contributed by atoms with E-state index in [4.69, 9.17) is 0 Å². The number of likely N-dealkylation sites (tertiary alicyclic amines) is 1. The fourth-order valence-electron chi connectivity index (χ4n) is 3.75. The SMILES string of the molecule is CN(C)CCN1CC(C(=O)N(C)C2Cc3ccccc3C2)CC1=O. The molecule has 1 unspecified atom stereocenters. The molecule has 0 spiro atoms. The number of rotatable bonds is 5. The van der Waals surface area contributed by atoms with Gasteiger partial charge in [0.15, 0.2) is 0 Å². The van der Waals surface area contributed by atoms with Crippen molar-refractivity contribution in [2.24, 2.45) is 5.92 Å². The van der Waals surface area contributed by atoms with E-state index in [2.05, 4.69) is 29.2 Å². The van der Waals surface area contributed by atoms with E-state index >= 15 is 0 Å². The van der Waals surface area contributed by atoms with E-state index in [0.29, 0.717) is 19.5 Å². The van der Waals surface area contributed by atoms with E-state index in [1.807, 2.05) is 30.9 Å². The molecular weight excluding hydrogens is 302 g/mol. The molecule has 0 aromatic heterocycles. The highest BCUT2D eigenvalue weighted by molar-refractivity contribution is 5.89. The Hall–Kier alpha value is -1.88. The van der Waals surface area contributed by atoms with Crippen molar-refractivity contribution >= 4 is 11.8 Å². The summed E-state index contributed by atoms with van der Waals surface area (Å²) in [6, 6.07) is 8.63. The third-order valence-electron chi connectivity index (χ3n) is 5.31. The molecule has 0 bridgehead atoms. The number of amides is 2. The van der Waals surface area contributed by atoms with Crippen LogP contribution in [0.1, 0.15) is 17.5 Å². The normalized spacial score (nSPS) is 20.8. The van der Waals surface area contributed by atoms with Crippen molar-refractivity contribution in [3.63, 3.8) is 0 Å². The maximum atomic E-state index is 12.8. The van der Waals surface area contributed by atoms with Crippen molar-refractivity contribution in [3.05, 3.63) is 35.4 Å². The summed E-state index contributed by atoms with van der Waals surface area (Å²) >= 11 is 0. The third-order valence-corrected chi connectivity index (χ3v) is 5.31. The minimum absolute atomic E-state index is 0.110. The second-order valence-electron chi connectivity index (χ2n) is 7.32. The number of hydrogen-bond acceptors (Lipinski definition) is 3. The molecule has 0 radical (unpaired) electrons. The topological polar surface area (TPSA) is 43.9 Å². The molecule has 1 aliphatic heterocycles. The summed E-state index contributed by atoms with van der Waals surface area (Å²) in [4.78, 5) is 30.8. The van der Waals surface area contributed by atoms with Crippen molar-refractivity contribution in [1.82, 2.24) is 14.7 Å². The summed E-state index contributed by atoms with van der Waals surface area (Å²) < 4.78 is 0. The Bertz CT molecular complexity index is 604. The summed E-state index contributed by atoms with van der Waals surface area (Å²) in [5, 5.41) is 0. The number of carbonyl (C=O) groups excluding carboxylic acids is 2. The molecule has 1 atom stereocenters. The molecular formula is C19H27N3O2. The number of hydrogen-bond donors (Lipinski definition) is 0. The van der Waals surface area contributed by atoms with Crippen LogP contribution in [0.5, 0.6) is 0 Å². The van der Waals surface area contributed by atoms with Gasteiger partial charge in [0.1, 0.15) is 0 Å². The fourth-order valence-corrected chi connectivity index (χ4v) is 3.75. The number of likely N-dealkylation sites (N-methyl/N-ethyl adjacent to an activating group) is 2. The van der Waals surface area contributed by atoms with Crippen molar-refractivity contribution in [2.45, 2.75) is 25.3 Å². The lowest BCUT2D eigenvalue weighted by molar-refractivity contribution is -0.136. The molecule has 5 nitrogen and oxygen atoms in total. The predicted molar refractivity (Wildman–Crippen MR) is 93.6 cm³/mol. The molecule has 1 fully saturated rings. The lowest BCUT2D eigenvalue weighted by Gasteiger charge is -2.27. The molecule has 0 saturated carbocycles. The number of nitrogens with zero attached hydrogens (tertiary/aromatic N) is 3. The molecule has 1 heterocycles. The zero-order chi connectivity index (χ0) is 17.3. The minimum atomic E-state index is -0.187. The third kappa shape index (κ3) is 3.46. The number of fused-ring (bicyclic) bond motifs is 1. The highest BCUT2D eigenvalue weighted by Crippen LogP contribution is 2.27. The van der Waals surface area contributed by atoms with Crippen LogP contribution in [-0.4, -0.2) is 73.3 Å². The average Bonchev–Trinajstić information content (AvgIpc) is 3.14. The van der Waals surface area contributed by atoms with Gasteiger partial charge in [-0.15, -0.1) is 0 Å². The second-order valence-corrected chi connectivity index (χ2v) is 7.32. The van der Waals surface area contributed by atoms with E-state index in [0.717, 1.165) is 19.4 Å². The Balaban J connectivity index is 1.58. The Labute approximate surface area is 144 Å². The Morgan fingerprint density at radius 3 is 2.33 bits per heavy atom. The first kappa shape index (κ1) is 17.0. The van der Waals surface area contributed by atoms with Crippen LogP contribution in [0.3, 0.4) is 0 Å². The van der Waals surface area contributed by atoms with Gasteiger partial charge in [-0.05, 0) is 38.1 Å². The van der Waals surface area contributed by atoms with Crippen molar-refractivity contribution < 1.29 is 9.59 Å². The van der Waals surface area contributed by atoms with Crippen LogP contribution in [0.4, 0.5) is 0 Å². The summed E-state index contributed by atoms with van der Waals surface area (Å²) in [7, 11) is 5.88. The van der Waals surface area contributed by atoms with E-state index in [9.17, 15) is 9.59 Å². The lowest BCUT2D eigenvalue weighted by Crippen LogP contribution is -2.42. The highest BCUT2D eigenvalue weighted by Gasteiger charge is 2.38. The van der Waals surface area contributed by atoms with Crippen LogP contribution in [0.15, 0.2) is 24.3 Å². The summed E-state index contributed by atoms with van der Waals surface area (Å²) in [5.41, 5.74) is 2.69. The first-order valence-corrected chi connectivity index (χ1v) is 8.71. The maximum absolute atomic E-state index is 12.8. The number of carbonyl (C=O) groups is 2. The molecule has 130 valence electrons. The summed E-state index contributed by atoms with van der Waals surface area (Å²) in [6.45, 7) is 2.10. The highest BCUT2D eigenvalue weighted by atomic mass is 16.2. The molecule has 1 aromatic rings. The van der Waals surface area contributed by atoms with E-state index in [-0.39, 0.29) is 23.8 Å². The largest absolute Gasteiger partial charge is 0.342 e. The molecule has 1 aromatic carbocycles. The smallest absolute Gasteiger partial charge is 0.228 e. The predicted octanol–water partition coefficient (Wildman–Crippen LogP) is 1.02. The molecule has 1 aliphatic carbocycles. The van der Waals surface area contributed by atoms with Gasteiger partial charge in [0.2, 0.25) is 11.8 Å². The summed E-state index contributed by atoms with van der Waals surface area (Å²) in [5.74, 6) is 0.0418. The van der Waals surface area contributed by atoms with E-state index < -0.39 is 0 Å². The molecule has 2 amide bonds. The zero-order valence-electron chi connectivity index (χ0n) is 14.9. The van der Waals surface area contributed by atoms with Crippen molar-refractivity contribution in [1.29, 1.82) is 0 Å². The molecule has 1 saturated heterocycles. The van der Waals surface area contributed by atoms with E-state index in [1.165, 1.54) is 11.1 Å². The summed E-state index contributed by atoms with van der Waals surface area (Å²) in [6.07, 6.45) is 2.20. The monoisotopic (exact) mass is 329 g/mol. The van der Waals surface area contributed by atoms with Gasteiger partial charge in [-0.2, -0.15) is 0 Å². The van der Waals surface area contributed by atoms with Gasteiger partial charge >= 0.3 is 0 Å². The van der Waals surface area contributed by atoms with Gasteiger partial charge in [-0.3, -0.25) is 9.59 Å². The minimum Gasteiger partial charge on any atom is -0.342 e. The van der Waals surface area contributed by atoms with Gasteiger partial charge in [0.25, 0.3) is 0 Å². The fraction of sp³-hybridized carbons (Fsp3) is 0.579. The Morgan fingerprint density at radius 2 is 1.75 bits per heavy atom. The van der Waals surface area contributed by atoms with Crippen LogP contribution in [0.2, 0.25) is 0 Å². The van der Waals surface area contributed by atoms with Crippen molar-refractivity contribution in [3.8, 4) is 0 Å². The molecule has 3 rings (SSSR count). The Kier molecular flexibility index (Phi) is 4.90. The standard InChI is InChI=1S/C19H27N3O2/c1-20(2)8-9-22-13-16(12-18(22)23)19(24)21(3)17-10-14-6-4-5-7-15(14)11-17/h4-7,16-17H,8-13H2,1-3H3. The Morgan fingerprint density at radius 1 is 1.12 bits per heavy atom. The average molecular weight is 329 g/mol. The molecule has 24 heavy (non-hydrogen) atoms. The number of benzene rings is 1. The maximum Gasteiger partial charge on any atom is 0.228 e. The van der Waals surface area contributed by atoms with Gasteiger partial charge in [0.05, 0.1) is 5.92 Å². The molecule has 2 aliphatic rings. The zero-order valence-corrected chi connectivity index (χ0v) is 14.9. The van der Waals surface area contributed by atoms with Gasteiger partial charge < -0.3 is 14.7 Å². The first-order valence-electron chi connectivity index (χ1n) is 8.71. The molecule has 5 heteroatoms. The van der Waals surface area contributed by atoms with Gasteiger partial charge in [-0.1, -0.05) is 24.3 Å².